The molecule has 21 heavy (non-hydrogen) atoms. The molecule has 2 rings (SSSR count). The molecule has 0 radical (unpaired) electrons. The van der Waals surface area contributed by atoms with Crippen molar-refractivity contribution in [3.05, 3.63) is 0 Å². The Kier molecular flexibility index (Phi) is 6.13. The summed E-state index contributed by atoms with van der Waals surface area (Å²) in [5, 5.41) is 7.99. The molecule has 0 saturated carbocycles. The highest BCUT2D eigenvalue weighted by Crippen LogP contribution is 2.11. The van der Waals surface area contributed by atoms with Crippen molar-refractivity contribution in [1.29, 1.82) is 0 Å². The van der Waals surface area contributed by atoms with Crippen molar-refractivity contribution >= 4 is 17.5 Å². The first-order valence-electron chi connectivity index (χ1n) is 7.48. The van der Waals surface area contributed by atoms with Crippen molar-refractivity contribution in [2.45, 2.75) is 38.2 Å². The van der Waals surface area contributed by atoms with Gasteiger partial charge in [-0.05, 0) is 19.3 Å². The maximum Gasteiger partial charge on any atom is 0.267 e. The summed E-state index contributed by atoms with van der Waals surface area (Å²) in [4.78, 5) is 23.1. The van der Waals surface area contributed by atoms with Crippen molar-refractivity contribution in [2.75, 3.05) is 33.4 Å². The van der Waals surface area contributed by atoms with Crippen LogP contribution < -0.4 is 5.32 Å². The van der Waals surface area contributed by atoms with E-state index in [1.165, 1.54) is 5.01 Å². The lowest BCUT2D eigenvalue weighted by Crippen LogP contribution is -2.38. The molecule has 1 atom stereocenters. The molecule has 0 aromatic carbocycles. The molecule has 0 aromatic rings. The molecule has 0 bridgehead atoms. The minimum Gasteiger partial charge on any atom is -0.379 e. The lowest BCUT2D eigenvalue weighted by Gasteiger charge is -2.18. The van der Waals surface area contributed by atoms with Gasteiger partial charge in [0.2, 0.25) is 5.91 Å². The lowest BCUT2D eigenvalue weighted by molar-refractivity contribution is -0.130. The lowest BCUT2D eigenvalue weighted by atomic mass is 10.1. The van der Waals surface area contributed by atoms with Gasteiger partial charge in [0.25, 0.3) is 5.91 Å². The largest absolute Gasteiger partial charge is 0.379 e. The first-order valence-corrected chi connectivity index (χ1v) is 7.48. The first-order chi connectivity index (χ1) is 10.2. The topological polar surface area (TPSA) is 80.2 Å². The van der Waals surface area contributed by atoms with Crippen molar-refractivity contribution in [2.24, 2.45) is 5.10 Å². The Balaban J connectivity index is 1.55. The highest BCUT2D eigenvalue weighted by Gasteiger charge is 2.21. The highest BCUT2D eigenvalue weighted by molar-refractivity contribution is 6.39. The molecular weight excluding hydrogens is 274 g/mol. The van der Waals surface area contributed by atoms with Crippen LogP contribution in [0.3, 0.4) is 0 Å². The number of ether oxygens (including phenoxy) is 2. The third-order valence-electron chi connectivity index (χ3n) is 3.55. The van der Waals surface area contributed by atoms with Crippen LogP contribution in [0.25, 0.3) is 0 Å². The molecule has 2 aliphatic heterocycles. The molecule has 2 heterocycles. The number of amides is 2. The van der Waals surface area contributed by atoms with E-state index in [1.807, 2.05) is 0 Å². The average Bonchev–Trinajstić information content (AvgIpc) is 2.98. The Labute approximate surface area is 124 Å². The van der Waals surface area contributed by atoms with Crippen LogP contribution in [0.2, 0.25) is 0 Å². The van der Waals surface area contributed by atoms with Gasteiger partial charge in [-0.2, -0.15) is 5.10 Å². The van der Waals surface area contributed by atoms with Crippen LogP contribution in [0, 0.1) is 0 Å². The maximum absolute atomic E-state index is 11.9. The average molecular weight is 297 g/mol. The molecule has 1 N–H and O–H groups in total. The number of nitrogens with one attached hydrogen (secondary N) is 1. The van der Waals surface area contributed by atoms with Gasteiger partial charge in [-0.25, -0.2) is 5.01 Å². The molecule has 1 fully saturated rings. The Morgan fingerprint density at radius 2 is 2.38 bits per heavy atom. The molecule has 0 aromatic heterocycles. The van der Waals surface area contributed by atoms with Gasteiger partial charge in [-0.15, -0.1) is 0 Å². The summed E-state index contributed by atoms with van der Waals surface area (Å²) >= 11 is 0. The number of hydrogen-bond donors (Lipinski definition) is 1. The van der Waals surface area contributed by atoms with Crippen molar-refractivity contribution in [3.8, 4) is 0 Å². The van der Waals surface area contributed by atoms with E-state index >= 15 is 0 Å². The second-order valence-corrected chi connectivity index (χ2v) is 5.28. The molecule has 7 heteroatoms. The summed E-state index contributed by atoms with van der Waals surface area (Å²) < 4.78 is 11.0. The smallest absolute Gasteiger partial charge is 0.267 e. The first kappa shape index (κ1) is 15.9. The molecular formula is C14H23N3O4. The van der Waals surface area contributed by atoms with Crippen molar-refractivity contribution in [3.63, 3.8) is 0 Å². The summed E-state index contributed by atoms with van der Waals surface area (Å²) in [5.74, 6) is -0.262. The maximum atomic E-state index is 11.9. The number of carbonyl (C=O) groups excluding carboxylic acids is 2. The van der Waals surface area contributed by atoms with Gasteiger partial charge in [0.15, 0.2) is 0 Å². The number of rotatable bonds is 7. The monoisotopic (exact) mass is 297 g/mol. The Bertz CT molecular complexity index is 405. The van der Waals surface area contributed by atoms with Crippen LogP contribution >= 0.6 is 0 Å². The fourth-order valence-electron chi connectivity index (χ4n) is 2.30. The zero-order valence-corrected chi connectivity index (χ0v) is 12.5. The van der Waals surface area contributed by atoms with Crippen LogP contribution in [0.5, 0.6) is 0 Å². The molecule has 1 saturated heterocycles. The van der Waals surface area contributed by atoms with Gasteiger partial charge >= 0.3 is 0 Å². The summed E-state index contributed by atoms with van der Waals surface area (Å²) in [6, 6.07) is 0. The van der Waals surface area contributed by atoms with E-state index < -0.39 is 0 Å². The van der Waals surface area contributed by atoms with E-state index in [9.17, 15) is 9.59 Å². The van der Waals surface area contributed by atoms with E-state index in [4.69, 9.17) is 9.47 Å². The summed E-state index contributed by atoms with van der Waals surface area (Å²) in [7, 11) is 1.56. The third-order valence-corrected chi connectivity index (χ3v) is 3.55. The van der Waals surface area contributed by atoms with Gasteiger partial charge in [-0.3, -0.25) is 9.59 Å². The predicted octanol–water partition coefficient (Wildman–Crippen LogP) is 0.296. The normalized spacial score (nSPS) is 22.3. The molecule has 7 nitrogen and oxygen atoms in total. The van der Waals surface area contributed by atoms with Crippen LogP contribution in [-0.4, -0.2) is 62.1 Å². The van der Waals surface area contributed by atoms with E-state index in [0.29, 0.717) is 38.3 Å². The predicted molar refractivity (Wildman–Crippen MR) is 76.9 cm³/mol. The summed E-state index contributed by atoms with van der Waals surface area (Å²) in [5.41, 5.74) is 0.414. The van der Waals surface area contributed by atoms with Crippen LogP contribution in [0.1, 0.15) is 32.1 Å². The SMILES string of the molecule is CN1N=C(C(=O)NCCCOC[C@@H]2CCCO2)CCC1=O. The van der Waals surface area contributed by atoms with Gasteiger partial charge in [0, 0.05) is 39.6 Å². The Hall–Kier alpha value is -1.47. The molecule has 2 amide bonds. The number of carbonyl (C=O) groups is 2. The van der Waals surface area contributed by atoms with Crippen molar-refractivity contribution in [1.82, 2.24) is 10.3 Å². The zero-order chi connectivity index (χ0) is 15.1. The molecule has 0 unspecified atom stereocenters. The van der Waals surface area contributed by atoms with Crippen LogP contribution in [-0.2, 0) is 19.1 Å². The van der Waals surface area contributed by atoms with Gasteiger partial charge in [0.05, 0.1) is 12.7 Å². The quantitative estimate of drug-likeness (QED) is 0.685. The molecule has 0 spiro atoms. The van der Waals surface area contributed by atoms with E-state index in [0.717, 1.165) is 25.9 Å². The van der Waals surface area contributed by atoms with Gasteiger partial charge < -0.3 is 14.8 Å². The highest BCUT2D eigenvalue weighted by atomic mass is 16.5. The Morgan fingerprint density at radius 1 is 1.52 bits per heavy atom. The summed E-state index contributed by atoms with van der Waals surface area (Å²) in [6.07, 6.45) is 3.92. The second-order valence-electron chi connectivity index (χ2n) is 5.28. The minimum atomic E-state index is -0.200. The molecule has 2 aliphatic rings. The van der Waals surface area contributed by atoms with Crippen molar-refractivity contribution < 1.29 is 19.1 Å². The number of nitrogens with zero attached hydrogens (tertiary/aromatic N) is 2. The second kappa shape index (κ2) is 8.09. The minimum absolute atomic E-state index is 0.0610. The summed E-state index contributed by atoms with van der Waals surface area (Å²) in [6.45, 7) is 2.61. The fourth-order valence-corrected chi connectivity index (χ4v) is 2.30. The van der Waals surface area contributed by atoms with Crippen LogP contribution in [0.15, 0.2) is 5.10 Å². The van der Waals surface area contributed by atoms with Crippen LogP contribution in [0.4, 0.5) is 0 Å². The zero-order valence-electron chi connectivity index (χ0n) is 12.5. The number of hydrogen-bond acceptors (Lipinski definition) is 5. The molecule has 0 aliphatic carbocycles. The fraction of sp³-hybridized carbons (Fsp3) is 0.786. The standard InChI is InChI=1S/C14H23N3O4/c1-17-13(18)6-5-12(16-17)14(19)15-7-3-8-20-10-11-4-2-9-21-11/h11H,2-10H2,1H3,(H,15,19)/t11-/m0/s1. The molecule has 118 valence electrons. The number of hydrazone groups is 1. The van der Waals surface area contributed by atoms with Gasteiger partial charge in [-0.1, -0.05) is 0 Å². The Morgan fingerprint density at radius 3 is 3.10 bits per heavy atom. The van der Waals surface area contributed by atoms with Gasteiger partial charge in [0.1, 0.15) is 5.71 Å². The van der Waals surface area contributed by atoms with E-state index in [-0.39, 0.29) is 17.9 Å². The third kappa shape index (κ3) is 5.09. The van der Waals surface area contributed by atoms with E-state index in [1.54, 1.807) is 7.05 Å². The van der Waals surface area contributed by atoms with E-state index in [2.05, 4.69) is 10.4 Å².